The second kappa shape index (κ2) is 5.85. The summed E-state index contributed by atoms with van der Waals surface area (Å²) in [6, 6.07) is 1.77. The molecule has 21 heavy (non-hydrogen) atoms. The Morgan fingerprint density at radius 1 is 1.38 bits per heavy atom. The van der Waals surface area contributed by atoms with Gasteiger partial charge in [-0.05, 0) is 47.8 Å². The fraction of sp³-hybridized carbons (Fsp3) is 0.462. The van der Waals surface area contributed by atoms with Gasteiger partial charge in [0, 0.05) is 16.2 Å². The van der Waals surface area contributed by atoms with Crippen molar-refractivity contribution in [3.05, 3.63) is 28.0 Å². The number of carbonyl (C=O) groups is 1. The first-order valence-corrected chi connectivity index (χ1v) is 9.49. The van der Waals surface area contributed by atoms with Crippen LogP contribution in [-0.4, -0.2) is 19.9 Å². The maximum atomic E-state index is 13.6. The third kappa shape index (κ3) is 3.76. The van der Waals surface area contributed by atoms with Crippen LogP contribution in [0.25, 0.3) is 0 Å². The molecule has 1 fully saturated rings. The highest BCUT2D eigenvalue weighted by Gasteiger charge is 2.32. The van der Waals surface area contributed by atoms with Crippen molar-refractivity contribution in [2.75, 3.05) is 0 Å². The predicted octanol–water partition coefficient (Wildman–Crippen LogP) is 3.58. The number of halogens is 3. The van der Waals surface area contributed by atoms with Crippen LogP contribution in [-0.2, 0) is 9.05 Å². The van der Waals surface area contributed by atoms with Gasteiger partial charge in [-0.3, -0.25) is 4.79 Å². The molecule has 0 atom stereocenters. The van der Waals surface area contributed by atoms with E-state index < -0.39 is 25.7 Å². The van der Waals surface area contributed by atoms with E-state index >= 15 is 0 Å². The molecule has 1 saturated carbocycles. The molecular formula is C13H14BrClFNO3S. The molecular weight excluding hydrogens is 385 g/mol. The third-order valence-corrected chi connectivity index (χ3v) is 6.10. The summed E-state index contributed by atoms with van der Waals surface area (Å²) in [6.07, 6.45) is 3.71. The first-order chi connectivity index (χ1) is 9.62. The number of rotatable bonds is 3. The summed E-state index contributed by atoms with van der Waals surface area (Å²) in [4.78, 5) is 11.9. The highest BCUT2D eigenvalue weighted by atomic mass is 79.9. The van der Waals surface area contributed by atoms with Crippen LogP contribution in [0.1, 0.15) is 43.0 Å². The summed E-state index contributed by atoms with van der Waals surface area (Å²) in [5, 5.41) is 2.84. The summed E-state index contributed by atoms with van der Waals surface area (Å²) >= 11 is 3.03. The van der Waals surface area contributed by atoms with Gasteiger partial charge in [0.05, 0.1) is 10.0 Å². The highest BCUT2D eigenvalue weighted by molar-refractivity contribution is 9.10. The number of benzene rings is 1. The monoisotopic (exact) mass is 397 g/mol. The molecule has 1 aliphatic carbocycles. The molecule has 1 N–H and O–H groups in total. The van der Waals surface area contributed by atoms with Crippen molar-refractivity contribution < 1.29 is 17.6 Å². The third-order valence-electron chi connectivity index (χ3n) is 3.63. The lowest BCUT2D eigenvalue weighted by Crippen LogP contribution is -2.43. The standard InChI is InChI=1S/C13H14BrClFNO3S/c1-13(4-2-3-5-13)17-12(18)9-6-8(16)7-10(11(9)14)21(15,19)20/h6-7H,2-5H2,1H3,(H,17,18). The van der Waals surface area contributed by atoms with E-state index in [0.717, 1.165) is 37.8 Å². The quantitative estimate of drug-likeness (QED) is 0.792. The molecule has 0 saturated heterocycles. The molecule has 0 bridgehead atoms. The Morgan fingerprint density at radius 2 is 1.95 bits per heavy atom. The Bertz CT molecular complexity index is 687. The van der Waals surface area contributed by atoms with Crippen molar-refractivity contribution in [2.45, 2.75) is 43.0 Å². The van der Waals surface area contributed by atoms with Crippen LogP contribution in [0.5, 0.6) is 0 Å². The van der Waals surface area contributed by atoms with E-state index in [4.69, 9.17) is 10.7 Å². The molecule has 1 amide bonds. The van der Waals surface area contributed by atoms with E-state index in [0.29, 0.717) is 0 Å². The lowest BCUT2D eigenvalue weighted by Gasteiger charge is -2.25. The fourth-order valence-electron chi connectivity index (χ4n) is 2.53. The van der Waals surface area contributed by atoms with E-state index in [1.807, 2.05) is 6.92 Å². The summed E-state index contributed by atoms with van der Waals surface area (Å²) in [5.41, 5.74) is -0.426. The Labute approximate surface area is 135 Å². The Kier molecular flexibility index (Phi) is 4.66. The SMILES string of the molecule is CC1(NC(=O)c2cc(F)cc(S(=O)(=O)Cl)c2Br)CCCC1. The lowest BCUT2D eigenvalue weighted by molar-refractivity contribution is 0.0906. The second-order valence-electron chi connectivity index (χ2n) is 5.43. The van der Waals surface area contributed by atoms with Gasteiger partial charge >= 0.3 is 0 Å². The van der Waals surface area contributed by atoms with E-state index in [1.165, 1.54) is 0 Å². The Hall–Kier alpha value is -0.660. The smallest absolute Gasteiger partial charge is 0.262 e. The topological polar surface area (TPSA) is 63.2 Å². The van der Waals surface area contributed by atoms with E-state index in [-0.39, 0.29) is 15.6 Å². The number of hydrogen-bond acceptors (Lipinski definition) is 3. The summed E-state index contributed by atoms with van der Waals surface area (Å²) in [7, 11) is 1.10. The molecule has 1 aromatic rings. The average Bonchev–Trinajstić information content (AvgIpc) is 2.76. The minimum Gasteiger partial charge on any atom is -0.347 e. The molecule has 2 rings (SSSR count). The van der Waals surface area contributed by atoms with E-state index in [2.05, 4.69) is 21.2 Å². The van der Waals surface area contributed by atoms with Crippen LogP contribution in [0.3, 0.4) is 0 Å². The molecule has 0 heterocycles. The number of carbonyl (C=O) groups excluding carboxylic acids is 1. The molecule has 0 aliphatic heterocycles. The van der Waals surface area contributed by atoms with Gasteiger partial charge in [0.1, 0.15) is 10.7 Å². The van der Waals surface area contributed by atoms with Gasteiger partial charge in [-0.2, -0.15) is 0 Å². The second-order valence-corrected chi connectivity index (χ2v) is 8.75. The van der Waals surface area contributed by atoms with Crippen LogP contribution in [0.15, 0.2) is 21.5 Å². The number of nitrogens with one attached hydrogen (secondary N) is 1. The Morgan fingerprint density at radius 3 is 2.48 bits per heavy atom. The zero-order valence-corrected chi connectivity index (χ0v) is 14.4. The zero-order chi connectivity index (χ0) is 15.8. The molecule has 0 aromatic heterocycles. The normalized spacial score (nSPS) is 17.7. The largest absolute Gasteiger partial charge is 0.347 e. The number of hydrogen-bond donors (Lipinski definition) is 1. The molecule has 1 aliphatic rings. The summed E-state index contributed by atoms with van der Waals surface area (Å²) < 4.78 is 36.4. The minimum absolute atomic E-state index is 0.0296. The molecule has 1 aromatic carbocycles. The molecule has 0 spiro atoms. The van der Waals surface area contributed by atoms with Gasteiger partial charge in [-0.1, -0.05) is 12.8 Å². The van der Waals surface area contributed by atoms with Crippen LogP contribution in [0, 0.1) is 5.82 Å². The Balaban J connectivity index is 2.40. The molecule has 4 nitrogen and oxygen atoms in total. The van der Waals surface area contributed by atoms with Crippen molar-refractivity contribution in [1.29, 1.82) is 0 Å². The van der Waals surface area contributed by atoms with Crippen molar-refractivity contribution in [2.24, 2.45) is 0 Å². The molecule has 8 heteroatoms. The lowest BCUT2D eigenvalue weighted by atomic mass is 10.00. The van der Waals surface area contributed by atoms with Crippen LogP contribution < -0.4 is 5.32 Å². The van der Waals surface area contributed by atoms with E-state index in [1.54, 1.807) is 0 Å². The maximum absolute atomic E-state index is 13.6. The van der Waals surface area contributed by atoms with Crippen molar-refractivity contribution in [1.82, 2.24) is 5.32 Å². The van der Waals surface area contributed by atoms with Gasteiger partial charge in [0.2, 0.25) is 0 Å². The predicted molar refractivity (Wildman–Crippen MR) is 81.5 cm³/mol. The molecule has 0 unspecified atom stereocenters. The molecule has 0 radical (unpaired) electrons. The number of amides is 1. The van der Waals surface area contributed by atoms with Crippen molar-refractivity contribution in [3.63, 3.8) is 0 Å². The summed E-state index contributed by atoms with van der Waals surface area (Å²) in [6.45, 7) is 1.92. The fourth-order valence-corrected chi connectivity index (χ4v) is 4.80. The van der Waals surface area contributed by atoms with Crippen LogP contribution in [0.4, 0.5) is 4.39 Å². The van der Waals surface area contributed by atoms with Gasteiger partial charge in [-0.15, -0.1) is 0 Å². The van der Waals surface area contributed by atoms with Gasteiger partial charge < -0.3 is 5.32 Å². The van der Waals surface area contributed by atoms with Crippen LogP contribution >= 0.6 is 26.6 Å². The van der Waals surface area contributed by atoms with Crippen molar-refractivity contribution >= 4 is 41.6 Å². The van der Waals surface area contributed by atoms with Gasteiger partial charge in [0.25, 0.3) is 15.0 Å². The van der Waals surface area contributed by atoms with Crippen molar-refractivity contribution in [3.8, 4) is 0 Å². The first-order valence-electron chi connectivity index (χ1n) is 6.39. The zero-order valence-electron chi connectivity index (χ0n) is 11.3. The van der Waals surface area contributed by atoms with E-state index in [9.17, 15) is 17.6 Å². The maximum Gasteiger partial charge on any atom is 0.262 e. The molecule has 116 valence electrons. The first kappa shape index (κ1) is 16.7. The average molecular weight is 399 g/mol. The van der Waals surface area contributed by atoms with Gasteiger partial charge in [-0.25, -0.2) is 12.8 Å². The summed E-state index contributed by atoms with van der Waals surface area (Å²) in [5.74, 6) is -1.36. The van der Waals surface area contributed by atoms with Crippen LogP contribution in [0.2, 0.25) is 0 Å². The highest BCUT2D eigenvalue weighted by Crippen LogP contribution is 2.32. The minimum atomic E-state index is -4.15. The van der Waals surface area contributed by atoms with Gasteiger partial charge in [0.15, 0.2) is 0 Å².